The van der Waals surface area contributed by atoms with E-state index in [0.29, 0.717) is 6.61 Å². The Bertz CT molecular complexity index is 982. The van der Waals surface area contributed by atoms with E-state index in [1.807, 2.05) is 61.5 Å². The van der Waals surface area contributed by atoms with Crippen LogP contribution < -0.4 is 5.43 Å². The van der Waals surface area contributed by atoms with Crippen LogP contribution in [0, 0.1) is 0 Å². The third-order valence-corrected chi connectivity index (χ3v) is 5.63. The lowest BCUT2D eigenvalue weighted by Crippen LogP contribution is -2.42. The summed E-state index contributed by atoms with van der Waals surface area (Å²) in [6, 6.07) is 23.9. The van der Waals surface area contributed by atoms with Crippen molar-refractivity contribution < 1.29 is 9.53 Å². The van der Waals surface area contributed by atoms with E-state index in [2.05, 4.69) is 28.7 Å². The summed E-state index contributed by atoms with van der Waals surface area (Å²) in [7, 11) is 0. The molecule has 3 aromatic rings. The molecule has 1 heterocycles. The van der Waals surface area contributed by atoms with Crippen molar-refractivity contribution in [3.63, 3.8) is 0 Å². The second-order valence-corrected chi connectivity index (χ2v) is 7.13. The highest BCUT2D eigenvalue weighted by molar-refractivity contribution is 8.16. The van der Waals surface area contributed by atoms with Gasteiger partial charge in [-0.05, 0) is 17.7 Å². The molecule has 0 amide bonds. The first-order valence-electron chi connectivity index (χ1n) is 8.49. The van der Waals surface area contributed by atoms with Gasteiger partial charge in [0.1, 0.15) is 5.04 Å². The van der Waals surface area contributed by atoms with Gasteiger partial charge in [-0.15, -0.1) is 0 Å². The number of thioether (sulfide) groups is 1. The zero-order valence-corrected chi connectivity index (χ0v) is 15.1. The van der Waals surface area contributed by atoms with E-state index in [1.54, 1.807) is 0 Å². The number of carbonyl (C=O) groups is 1. The van der Waals surface area contributed by atoms with Crippen molar-refractivity contribution in [2.75, 3.05) is 6.61 Å². The molecule has 1 N–H and O–H groups in total. The minimum atomic E-state index is -1.07. The lowest BCUT2D eigenvalue weighted by atomic mass is 10.1. The minimum Gasteiger partial charge on any atom is -0.463 e. The van der Waals surface area contributed by atoms with E-state index in [0.717, 1.165) is 26.9 Å². The molecule has 1 unspecified atom stereocenters. The van der Waals surface area contributed by atoms with Crippen molar-refractivity contribution >= 4 is 33.5 Å². The molecule has 0 saturated heterocycles. The van der Waals surface area contributed by atoms with Gasteiger partial charge in [0.15, 0.2) is 0 Å². The van der Waals surface area contributed by atoms with Gasteiger partial charge in [-0.3, -0.25) is 5.43 Å². The van der Waals surface area contributed by atoms with Crippen LogP contribution >= 0.6 is 11.8 Å². The summed E-state index contributed by atoms with van der Waals surface area (Å²) < 4.78 is 5.36. The Labute approximate surface area is 156 Å². The van der Waals surface area contributed by atoms with Gasteiger partial charge in [-0.25, -0.2) is 4.79 Å². The molecule has 1 aliphatic heterocycles. The molecule has 0 aromatic heterocycles. The predicted octanol–water partition coefficient (Wildman–Crippen LogP) is 4.25. The highest BCUT2D eigenvalue weighted by Crippen LogP contribution is 2.42. The summed E-state index contributed by atoms with van der Waals surface area (Å²) in [5.74, 6) is -0.338. The van der Waals surface area contributed by atoms with Crippen molar-refractivity contribution in [2.24, 2.45) is 5.10 Å². The zero-order chi connectivity index (χ0) is 18.0. The van der Waals surface area contributed by atoms with Crippen LogP contribution in [-0.2, 0) is 14.4 Å². The summed E-state index contributed by atoms with van der Waals surface area (Å²) >= 11 is 1.39. The number of rotatable bonds is 4. The molecule has 0 bridgehead atoms. The standard InChI is InChI=1S/C21H18N2O2S/c1-2-25-20(24)21(16-11-4-3-5-12-16)23-22-19(26-21)18-14-8-10-15-9-6-7-13-17(15)18/h3-14,23H,2H2,1H3. The van der Waals surface area contributed by atoms with Gasteiger partial charge in [0.05, 0.1) is 6.61 Å². The number of nitrogens with one attached hydrogen (secondary N) is 1. The van der Waals surface area contributed by atoms with Crippen LogP contribution in [0.1, 0.15) is 18.1 Å². The van der Waals surface area contributed by atoms with Crippen LogP contribution in [0.3, 0.4) is 0 Å². The molecule has 0 saturated carbocycles. The van der Waals surface area contributed by atoms with Crippen LogP contribution in [0.4, 0.5) is 0 Å². The lowest BCUT2D eigenvalue weighted by molar-refractivity contribution is -0.147. The highest BCUT2D eigenvalue weighted by atomic mass is 32.2. The fourth-order valence-corrected chi connectivity index (χ4v) is 4.24. The second kappa shape index (κ2) is 6.84. The van der Waals surface area contributed by atoms with E-state index in [-0.39, 0.29) is 5.97 Å². The number of hydrogen-bond acceptors (Lipinski definition) is 5. The Hall–Kier alpha value is -2.79. The first-order chi connectivity index (χ1) is 12.7. The number of fused-ring (bicyclic) bond motifs is 1. The van der Waals surface area contributed by atoms with E-state index in [4.69, 9.17) is 4.74 Å². The molecule has 26 heavy (non-hydrogen) atoms. The summed E-state index contributed by atoms with van der Waals surface area (Å²) in [5, 5.41) is 7.54. The fraction of sp³-hybridized carbons (Fsp3) is 0.143. The van der Waals surface area contributed by atoms with Gasteiger partial charge in [0.2, 0.25) is 4.87 Å². The second-order valence-electron chi connectivity index (χ2n) is 5.93. The molecular weight excluding hydrogens is 344 g/mol. The molecule has 130 valence electrons. The molecular formula is C21H18N2O2S. The maximum Gasteiger partial charge on any atom is 0.349 e. The van der Waals surface area contributed by atoms with Gasteiger partial charge in [0.25, 0.3) is 0 Å². The lowest BCUT2D eigenvalue weighted by Gasteiger charge is -2.25. The Balaban J connectivity index is 1.77. The number of hydrogen-bond donors (Lipinski definition) is 1. The maximum absolute atomic E-state index is 12.8. The summed E-state index contributed by atoms with van der Waals surface area (Å²) in [6.45, 7) is 2.13. The monoisotopic (exact) mass is 362 g/mol. The van der Waals surface area contributed by atoms with E-state index < -0.39 is 4.87 Å². The third kappa shape index (κ3) is 2.74. The Morgan fingerprint density at radius 1 is 1.04 bits per heavy atom. The van der Waals surface area contributed by atoms with Gasteiger partial charge in [-0.2, -0.15) is 5.10 Å². The minimum absolute atomic E-state index is 0.319. The van der Waals surface area contributed by atoms with Crippen LogP contribution in [0.15, 0.2) is 77.9 Å². The van der Waals surface area contributed by atoms with Gasteiger partial charge in [0, 0.05) is 11.1 Å². The number of carbonyl (C=O) groups excluding carboxylic acids is 1. The van der Waals surface area contributed by atoms with Gasteiger partial charge >= 0.3 is 5.97 Å². The van der Waals surface area contributed by atoms with Crippen molar-refractivity contribution in [3.8, 4) is 0 Å². The topological polar surface area (TPSA) is 50.7 Å². The molecule has 5 heteroatoms. The van der Waals surface area contributed by atoms with Crippen LogP contribution in [0.2, 0.25) is 0 Å². The average Bonchev–Trinajstić information content (AvgIpc) is 3.15. The quantitative estimate of drug-likeness (QED) is 0.705. The van der Waals surface area contributed by atoms with Crippen molar-refractivity contribution in [3.05, 3.63) is 83.9 Å². The fourth-order valence-electron chi connectivity index (χ4n) is 3.08. The van der Waals surface area contributed by atoms with Gasteiger partial charge < -0.3 is 4.74 Å². The molecule has 1 aliphatic rings. The number of esters is 1. The number of hydrazone groups is 1. The molecule has 4 nitrogen and oxygen atoms in total. The van der Waals surface area contributed by atoms with Crippen molar-refractivity contribution in [1.82, 2.24) is 5.43 Å². The summed E-state index contributed by atoms with van der Waals surface area (Å²) in [6.07, 6.45) is 0. The van der Waals surface area contributed by atoms with Gasteiger partial charge in [-0.1, -0.05) is 84.6 Å². The Morgan fingerprint density at radius 3 is 2.58 bits per heavy atom. The smallest absolute Gasteiger partial charge is 0.349 e. The Kier molecular flexibility index (Phi) is 4.39. The molecule has 0 spiro atoms. The number of benzene rings is 3. The van der Waals surface area contributed by atoms with Crippen molar-refractivity contribution in [1.29, 1.82) is 0 Å². The average molecular weight is 362 g/mol. The molecule has 0 aliphatic carbocycles. The third-order valence-electron chi connectivity index (χ3n) is 4.33. The van der Waals surface area contributed by atoms with Crippen LogP contribution in [0.25, 0.3) is 10.8 Å². The SMILES string of the molecule is CCOC(=O)C1(c2ccccc2)NN=C(c2cccc3ccccc23)S1. The van der Waals surface area contributed by atoms with E-state index >= 15 is 0 Å². The summed E-state index contributed by atoms with van der Waals surface area (Å²) in [4.78, 5) is 11.8. The van der Waals surface area contributed by atoms with E-state index in [1.165, 1.54) is 11.8 Å². The Morgan fingerprint density at radius 2 is 1.77 bits per heavy atom. The van der Waals surface area contributed by atoms with Crippen LogP contribution in [-0.4, -0.2) is 17.6 Å². The molecule has 0 fully saturated rings. The zero-order valence-electron chi connectivity index (χ0n) is 14.3. The van der Waals surface area contributed by atoms with E-state index in [9.17, 15) is 4.79 Å². The molecule has 1 atom stereocenters. The largest absolute Gasteiger partial charge is 0.463 e. The first kappa shape index (κ1) is 16.7. The number of nitrogens with zero attached hydrogens (tertiary/aromatic N) is 1. The van der Waals surface area contributed by atoms with Crippen molar-refractivity contribution in [2.45, 2.75) is 11.8 Å². The molecule has 0 radical (unpaired) electrons. The normalized spacial score (nSPS) is 19.0. The highest BCUT2D eigenvalue weighted by Gasteiger charge is 2.48. The summed E-state index contributed by atoms with van der Waals surface area (Å²) in [5.41, 5.74) is 4.88. The predicted molar refractivity (Wildman–Crippen MR) is 106 cm³/mol. The maximum atomic E-state index is 12.8. The molecule has 3 aromatic carbocycles. The molecule has 4 rings (SSSR count). The number of ether oxygens (including phenoxy) is 1. The first-order valence-corrected chi connectivity index (χ1v) is 9.31. The van der Waals surface area contributed by atoms with Crippen LogP contribution in [0.5, 0.6) is 0 Å².